The van der Waals surface area contributed by atoms with E-state index in [2.05, 4.69) is 4.90 Å². The third-order valence-corrected chi connectivity index (χ3v) is 14.0. The summed E-state index contributed by atoms with van der Waals surface area (Å²) in [6.07, 6.45) is 7.93. The predicted octanol–water partition coefficient (Wildman–Crippen LogP) is 8.64. The molecule has 3 aliphatic heterocycles. The van der Waals surface area contributed by atoms with Crippen LogP contribution < -0.4 is 14.4 Å². The number of ether oxygens (including phenoxy) is 4. The van der Waals surface area contributed by atoms with Gasteiger partial charge in [-0.3, -0.25) is 4.90 Å². The standard InChI is InChI=1S/C47H58F3N5O6/c1-6-33-36(48)10-7-29-17-32(60-27-58-5)18-34(38(29)33)39-37(49)19-35-41(40(39)50)51-43(52-42(35)54-22-30-8-9-31(23-54)55(30)44(57)61-45(2,3)4)59-26-47(11-12-47)25-53-15-13-46(14-16-53)20-28(21-46)24-56/h7,10,17-19,28,30-31,56H,6,8-9,11-16,20-27H2,1-5H3. The number of carbonyl (C=O) groups is 1. The number of methoxy groups -OCH3 is 1. The number of fused-ring (bicyclic) bond motifs is 4. The Balaban J connectivity index is 1.08. The third-order valence-electron chi connectivity index (χ3n) is 14.0. The summed E-state index contributed by atoms with van der Waals surface area (Å²) in [7, 11) is 1.48. The van der Waals surface area contributed by atoms with Crippen molar-refractivity contribution in [2.45, 2.75) is 103 Å². The van der Waals surface area contributed by atoms with Crippen LogP contribution in [0.15, 0.2) is 30.3 Å². The Morgan fingerprint density at radius 2 is 1.67 bits per heavy atom. The van der Waals surface area contributed by atoms with Crippen molar-refractivity contribution in [3.8, 4) is 22.9 Å². The molecule has 1 spiro atoms. The first-order valence-corrected chi connectivity index (χ1v) is 22.0. The largest absolute Gasteiger partial charge is 0.468 e. The number of aromatic nitrogens is 2. The number of carbonyl (C=O) groups excluding carboxylic acids is 1. The maximum Gasteiger partial charge on any atom is 0.410 e. The Kier molecular flexibility index (Phi) is 11.0. The van der Waals surface area contributed by atoms with Crippen molar-refractivity contribution in [1.82, 2.24) is 19.8 Å². The van der Waals surface area contributed by atoms with Crippen molar-refractivity contribution < 1.29 is 42.0 Å². The van der Waals surface area contributed by atoms with Crippen LogP contribution in [0.3, 0.4) is 0 Å². The van der Waals surface area contributed by atoms with E-state index >= 15 is 13.2 Å². The first-order chi connectivity index (χ1) is 29.2. The van der Waals surface area contributed by atoms with E-state index in [0.717, 1.165) is 71.0 Å². The van der Waals surface area contributed by atoms with Crippen molar-refractivity contribution in [3.05, 3.63) is 53.3 Å². The summed E-state index contributed by atoms with van der Waals surface area (Å²) < 4.78 is 73.1. The first-order valence-electron chi connectivity index (χ1n) is 22.0. The van der Waals surface area contributed by atoms with Crippen LogP contribution in [0, 0.1) is 34.2 Å². The van der Waals surface area contributed by atoms with Gasteiger partial charge in [0.15, 0.2) is 12.6 Å². The molecule has 2 saturated carbocycles. The molecule has 5 fully saturated rings. The van der Waals surface area contributed by atoms with E-state index < -0.39 is 23.1 Å². The van der Waals surface area contributed by atoms with Gasteiger partial charge in [0.05, 0.1) is 24.3 Å². The van der Waals surface area contributed by atoms with E-state index in [-0.39, 0.29) is 71.5 Å². The Labute approximate surface area is 355 Å². The van der Waals surface area contributed by atoms with Gasteiger partial charge in [-0.2, -0.15) is 9.97 Å². The third kappa shape index (κ3) is 8.08. The van der Waals surface area contributed by atoms with Crippen LogP contribution in [0.25, 0.3) is 32.8 Å². The highest BCUT2D eigenvalue weighted by molar-refractivity contribution is 6.03. The van der Waals surface area contributed by atoms with E-state index in [1.807, 2.05) is 30.6 Å². The summed E-state index contributed by atoms with van der Waals surface area (Å²) in [5.41, 5.74) is -0.364. The lowest BCUT2D eigenvalue weighted by molar-refractivity contribution is -0.0381. The van der Waals surface area contributed by atoms with Gasteiger partial charge in [-0.25, -0.2) is 18.0 Å². The quantitative estimate of drug-likeness (QED) is 0.139. The van der Waals surface area contributed by atoms with Crippen molar-refractivity contribution in [3.63, 3.8) is 0 Å². The molecule has 0 radical (unpaired) electrons. The molecular weight excluding hydrogens is 788 g/mol. The zero-order valence-electron chi connectivity index (χ0n) is 36.0. The minimum Gasteiger partial charge on any atom is -0.468 e. The van der Waals surface area contributed by atoms with Gasteiger partial charge < -0.3 is 33.9 Å². The van der Waals surface area contributed by atoms with E-state index in [1.54, 1.807) is 19.1 Å². The molecule has 1 N–H and O–H groups in total. The van der Waals surface area contributed by atoms with Crippen LogP contribution in [-0.2, 0) is 15.9 Å². The summed E-state index contributed by atoms with van der Waals surface area (Å²) in [4.78, 5) is 29.3. The summed E-state index contributed by atoms with van der Waals surface area (Å²) in [5.74, 6) is -1.16. The lowest BCUT2D eigenvalue weighted by Crippen LogP contribution is -2.57. The minimum atomic E-state index is -0.918. The highest BCUT2D eigenvalue weighted by Crippen LogP contribution is 2.54. The Hall–Kier alpha value is -4.40. The number of piperazine rings is 1. The molecule has 11 nitrogen and oxygen atoms in total. The number of anilines is 1. The number of hydrogen-bond donors (Lipinski definition) is 1. The van der Waals surface area contributed by atoms with Crippen LogP contribution in [0.1, 0.15) is 84.6 Å². The number of amides is 1. The van der Waals surface area contributed by atoms with Gasteiger partial charge in [0, 0.05) is 44.2 Å². The molecular formula is C47H58F3N5O6. The Morgan fingerprint density at radius 3 is 2.31 bits per heavy atom. The van der Waals surface area contributed by atoms with Gasteiger partial charge in [0.1, 0.15) is 34.3 Å². The molecule has 2 unspecified atom stereocenters. The molecule has 4 aromatic rings. The van der Waals surface area contributed by atoms with E-state index in [9.17, 15) is 9.90 Å². The van der Waals surface area contributed by atoms with Gasteiger partial charge >= 0.3 is 12.1 Å². The van der Waals surface area contributed by atoms with Crippen LogP contribution in [0.2, 0.25) is 0 Å². The minimum absolute atomic E-state index is 0.00316. The lowest BCUT2D eigenvalue weighted by atomic mass is 9.58. The molecule has 328 valence electrons. The van der Waals surface area contributed by atoms with Crippen molar-refractivity contribution in [2.24, 2.45) is 16.7 Å². The van der Waals surface area contributed by atoms with Crippen LogP contribution in [0.4, 0.5) is 23.8 Å². The summed E-state index contributed by atoms with van der Waals surface area (Å²) in [5, 5.41) is 10.7. The Morgan fingerprint density at radius 1 is 0.951 bits per heavy atom. The van der Waals surface area contributed by atoms with E-state index in [1.165, 1.54) is 25.3 Å². The molecule has 14 heteroatoms. The number of benzene rings is 3. The molecule has 61 heavy (non-hydrogen) atoms. The molecule has 2 atom stereocenters. The van der Waals surface area contributed by atoms with Crippen molar-refractivity contribution in [1.29, 1.82) is 0 Å². The van der Waals surface area contributed by atoms with Gasteiger partial charge in [-0.15, -0.1) is 0 Å². The van der Waals surface area contributed by atoms with Gasteiger partial charge in [-0.1, -0.05) is 13.0 Å². The fraction of sp³-hybridized carbons (Fsp3) is 0.596. The molecule has 2 aliphatic carbocycles. The lowest BCUT2D eigenvalue weighted by Gasteiger charge is -2.52. The number of piperidine rings is 1. The number of likely N-dealkylation sites (tertiary alicyclic amines) is 1. The molecule has 4 heterocycles. The van der Waals surface area contributed by atoms with Crippen molar-refractivity contribution >= 4 is 33.6 Å². The molecule has 1 amide bonds. The van der Waals surface area contributed by atoms with Crippen LogP contribution in [-0.4, -0.2) is 108 Å². The molecule has 1 aromatic heterocycles. The number of halogens is 3. The molecule has 9 rings (SSSR count). The molecule has 2 bridgehead atoms. The molecule has 5 aliphatic rings. The zero-order chi connectivity index (χ0) is 42.8. The highest BCUT2D eigenvalue weighted by Gasteiger charge is 2.50. The number of aliphatic hydroxyl groups is 1. The SMILES string of the molecule is CCc1c(F)ccc2cc(OCOC)cc(-c3c(F)cc4c(N5CC6CCC(C5)N6C(=O)OC(C)(C)C)nc(OCC5(CN6CCC7(CC6)CC(CO)C7)CC5)nc4c3F)c12. The normalized spacial score (nSPS) is 22.2. The number of rotatable bonds is 12. The van der Waals surface area contributed by atoms with E-state index in [4.69, 9.17) is 28.9 Å². The smallest absolute Gasteiger partial charge is 0.410 e. The van der Waals surface area contributed by atoms with Crippen LogP contribution in [0.5, 0.6) is 11.8 Å². The maximum atomic E-state index is 17.6. The second kappa shape index (κ2) is 16.1. The second-order valence-electron chi connectivity index (χ2n) is 19.5. The second-order valence-corrected chi connectivity index (χ2v) is 19.5. The summed E-state index contributed by atoms with van der Waals surface area (Å²) in [6, 6.07) is 7.06. The summed E-state index contributed by atoms with van der Waals surface area (Å²) in [6.45, 7) is 11.6. The van der Waals surface area contributed by atoms with Gasteiger partial charge in [0.2, 0.25) is 0 Å². The monoisotopic (exact) mass is 845 g/mol. The fourth-order valence-electron chi connectivity index (χ4n) is 10.7. The van der Waals surface area contributed by atoms with Gasteiger partial charge in [-0.05, 0) is 149 Å². The van der Waals surface area contributed by atoms with E-state index in [0.29, 0.717) is 58.9 Å². The summed E-state index contributed by atoms with van der Waals surface area (Å²) >= 11 is 0. The molecule has 3 aromatic carbocycles. The van der Waals surface area contributed by atoms with Crippen molar-refractivity contribution in [2.75, 3.05) is 64.7 Å². The van der Waals surface area contributed by atoms with Crippen LogP contribution >= 0.6 is 0 Å². The molecule has 3 saturated heterocycles. The first kappa shape index (κ1) is 41.9. The topological polar surface area (TPSA) is 110 Å². The number of aryl methyl sites for hydroxylation is 1. The average Bonchev–Trinajstić information content (AvgIpc) is 3.92. The van der Waals surface area contributed by atoms with Gasteiger partial charge in [0.25, 0.3) is 0 Å². The highest BCUT2D eigenvalue weighted by atomic mass is 19.1. The number of aliphatic hydroxyl groups excluding tert-OH is 1. The fourth-order valence-corrected chi connectivity index (χ4v) is 10.7. The predicted molar refractivity (Wildman–Crippen MR) is 226 cm³/mol. The number of hydrogen-bond acceptors (Lipinski definition) is 10. The average molecular weight is 846 g/mol. The Bertz CT molecular complexity index is 2300. The zero-order valence-corrected chi connectivity index (χ0v) is 36.0. The maximum absolute atomic E-state index is 17.6. The number of nitrogens with zero attached hydrogens (tertiary/aromatic N) is 5.